The number of ether oxygens (including phenoxy) is 2. The quantitative estimate of drug-likeness (QED) is 0.618. The van der Waals surface area contributed by atoms with E-state index in [4.69, 9.17) is 4.74 Å². The highest BCUT2D eigenvalue weighted by Gasteiger charge is 2.14. The summed E-state index contributed by atoms with van der Waals surface area (Å²) in [5, 5.41) is 0. The molecular formula is C14H17NO4. The van der Waals surface area contributed by atoms with Crippen molar-refractivity contribution >= 4 is 18.0 Å². The molecule has 0 aliphatic heterocycles. The number of nitrogens with zero attached hydrogens (tertiary/aromatic N) is 1. The highest BCUT2D eigenvalue weighted by Crippen LogP contribution is 2.08. The Hall–Kier alpha value is -2.17. The van der Waals surface area contributed by atoms with Crippen molar-refractivity contribution in [3.8, 4) is 0 Å². The number of aromatic nitrogens is 1. The van der Waals surface area contributed by atoms with Gasteiger partial charge in [0, 0.05) is 6.08 Å². The Balaban J connectivity index is 2.77. The van der Waals surface area contributed by atoms with E-state index < -0.39 is 17.5 Å². The zero-order chi connectivity index (χ0) is 14.5. The third-order valence-electron chi connectivity index (χ3n) is 1.96. The van der Waals surface area contributed by atoms with E-state index in [9.17, 15) is 9.59 Å². The van der Waals surface area contributed by atoms with Crippen molar-refractivity contribution in [1.29, 1.82) is 0 Å². The minimum Gasteiger partial charge on any atom is -0.464 e. The number of carbonyl (C=O) groups is 2. The van der Waals surface area contributed by atoms with Crippen molar-refractivity contribution in [2.45, 2.75) is 26.4 Å². The molecule has 0 aliphatic carbocycles. The Bertz CT molecular complexity index is 500. The molecule has 1 rings (SSSR count). The maximum atomic E-state index is 11.5. The van der Waals surface area contributed by atoms with Gasteiger partial charge >= 0.3 is 11.9 Å². The molecule has 0 amide bonds. The Morgan fingerprint density at radius 2 is 1.95 bits per heavy atom. The van der Waals surface area contributed by atoms with Crippen LogP contribution in [0.5, 0.6) is 0 Å². The lowest BCUT2D eigenvalue weighted by molar-refractivity contribution is -0.148. The number of esters is 2. The van der Waals surface area contributed by atoms with Crippen molar-refractivity contribution in [3.05, 3.63) is 35.7 Å². The first kappa shape index (κ1) is 14.9. The Morgan fingerprint density at radius 1 is 1.26 bits per heavy atom. The van der Waals surface area contributed by atoms with Gasteiger partial charge in [-0.3, -0.25) is 0 Å². The highest BCUT2D eigenvalue weighted by atomic mass is 16.6. The van der Waals surface area contributed by atoms with Crippen LogP contribution in [0.15, 0.2) is 24.3 Å². The average Bonchev–Trinajstić information content (AvgIpc) is 2.34. The molecule has 0 saturated carbocycles. The number of pyridine rings is 1. The van der Waals surface area contributed by atoms with E-state index in [0.717, 1.165) is 0 Å². The van der Waals surface area contributed by atoms with Gasteiger partial charge in [0.05, 0.1) is 12.8 Å². The fraction of sp³-hybridized carbons (Fsp3) is 0.357. The molecule has 1 heterocycles. The first-order valence-electron chi connectivity index (χ1n) is 5.78. The van der Waals surface area contributed by atoms with Crippen LogP contribution in [0.2, 0.25) is 0 Å². The molecule has 0 N–H and O–H groups in total. The summed E-state index contributed by atoms with van der Waals surface area (Å²) in [7, 11) is 1.28. The summed E-state index contributed by atoms with van der Waals surface area (Å²) in [4.78, 5) is 26.8. The normalized spacial score (nSPS) is 11.4. The van der Waals surface area contributed by atoms with E-state index in [0.29, 0.717) is 5.69 Å². The summed E-state index contributed by atoms with van der Waals surface area (Å²) >= 11 is 0. The fourth-order valence-corrected chi connectivity index (χ4v) is 1.25. The molecule has 0 atom stereocenters. The summed E-state index contributed by atoms with van der Waals surface area (Å²) in [5.41, 5.74) is 0.130. The molecule has 0 radical (unpaired) electrons. The largest absolute Gasteiger partial charge is 0.464 e. The predicted octanol–water partition coefficient (Wildman–Crippen LogP) is 2.22. The van der Waals surface area contributed by atoms with Crippen molar-refractivity contribution in [1.82, 2.24) is 4.98 Å². The zero-order valence-corrected chi connectivity index (χ0v) is 11.5. The van der Waals surface area contributed by atoms with E-state index in [1.807, 2.05) is 0 Å². The van der Waals surface area contributed by atoms with Crippen LogP contribution in [0.4, 0.5) is 0 Å². The van der Waals surface area contributed by atoms with Crippen LogP contribution in [0.3, 0.4) is 0 Å². The van der Waals surface area contributed by atoms with Gasteiger partial charge in [0.2, 0.25) is 0 Å². The lowest BCUT2D eigenvalue weighted by Crippen LogP contribution is -2.22. The van der Waals surface area contributed by atoms with Crippen LogP contribution in [-0.4, -0.2) is 29.6 Å². The van der Waals surface area contributed by atoms with Gasteiger partial charge in [-0.25, -0.2) is 14.6 Å². The molecule has 0 unspecified atom stereocenters. The molecule has 5 heteroatoms. The lowest BCUT2D eigenvalue weighted by atomic mass is 10.2. The molecule has 0 aromatic carbocycles. The molecule has 1 aromatic heterocycles. The summed E-state index contributed by atoms with van der Waals surface area (Å²) in [6, 6.07) is 4.87. The van der Waals surface area contributed by atoms with Gasteiger partial charge in [-0.2, -0.15) is 0 Å². The third kappa shape index (κ3) is 5.33. The number of rotatable bonds is 3. The first-order chi connectivity index (χ1) is 8.81. The summed E-state index contributed by atoms with van der Waals surface area (Å²) in [5.74, 6) is -0.981. The molecule has 1 aromatic rings. The van der Waals surface area contributed by atoms with Gasteiger partial charge in [0.15, 0.2) is 0 Å². The predicted molar refractivity (Wildman–Crippen MR) is 70.5 cm³/mol. The van der Waals surface area contributed by atoms with Crippen LogP contribution in [0.1, 0.15) is 37.0 Å². The monoisotopic (exact) mass is 263 g/mol. The second kappa shape index (κ2) is 6.13. The molecule has 0 fully saturated rings. The zero-order valence-electron chi connectivity index (χ0n) is 11.5. The smallest absolute Gasteiger partial charge is 0.356 e. The van der Waals surface area contributed by atoms with Gasteiger partial charge in [0.25, 0.3) is 0 Å². The lowest BCUT2D eigenvalue weighted by Gasteiger charge is -2.17. The molecular weight excluding hydrogens is 246 g/mol. The fourth-order valence-electron chi connectivity index (χ4n) is 1.25. The topological polar surface area (TPSA) is 65.5 Å². The molecule has 0 spiro atoms. The molecule has 0 aliphatic rings. The number of hydrogen-bond acceptors (Lipinski definition) is 5. The van der Waals surface area contributed by atoms with Gasteiger partial charge < -0.3 is 9.47 Å². The van der Waals surface area contributed by atoms with E-state index in [2.05, 4.69) is 9.72 Å². The van der Waals surface area contributed by atoms with Crippen LogP contribution < -0.4 is 0 Å². The Labute approximate surface area is 112 Å². The van der Waals surface area contributed by atoms with Gasteiger partial charge in [-0.15, -0.1) is 0 Å². The van der Waals surface area contributed by atoms with Crippen LogP contribution in [0.25, 0.3) is 6.08 Å². The minimum absolute atomic E-state index is 0.189. The summed E-state index contributed by atoms with van der Waals surface area (Å²) in [6.07, 6.45) is 2.76. The highest BCUT2D eigenvalue weighted by molar-refractivity contribution is 5.89. The molecule has 0 saturated heterocycles. The van der Waals surface area contributed by atoms with E-state index in [1.54, 1.807) is 32.9 Å². The van der Waals surface area contributed by atoms with Gasteiger partial charge in [0.1, 0.15) is 11.3 Å². The van der Waals surface area contributed by atoms with Crippen LogP contribution in [0, 0.1) is 0 Å². The first-order valence-corrected chi connectivity index (χ1v) is 5.78. The second-order valence-corrected chi connectivity index (χ2v) is 4.81. The number of carbonyl (C=O) groups excluding carboxylic acids is 2. The molecule has 5 nitrogen and oxygen atoms in total. The summed E-state index contributed by atoms with van der Waals surface area (Å²) in [6.45, 7) is 5.36. The van der Waals surface area contributed by atoms with Crippen molar-refractivity contribution in [2.75, 3.05) is 7.11 Å². The van der Waals surface area contributed by atoms with Gasteiger partial charge in [-0.1, -0.05) is 6.07 Å². The Kier molecular flexibility index (Phi) is 4.80. The van der Waals surface area contributed by atoms with E-state index in [-0.39, 0.29) is 5.69 Å². The molecule has 102 valence electrons. The average molecular weight is 263 g/mol. The van der Waals surface area contributed by atoms with Crippen molar-refractivity contribution < 1.29 is 19.1 Å². The standard InChI is InChI=1S/C14H17NO4/c1-14(2,3)19-12(16)9-8-10-6-5-7-11(15-10)13(17)18-4/h5-9H,1-4H3/b9-8+. The maximum absolute atomic E-state index is 11.5. The van der Waals surface area contributed by atoms with Crippen molar-refractivity contribution in [2.24, 2.45) is 0 Å². The second-order valence-electron chi connectivity index (χ2n) is 4.81. The van der Waals surface area contributed by atoms with E-state index >= 15 is 0 Å². The maximum Gasteiger partial charge on any atom is 0.356 e. The van der Waals surface area contributed by atoms with Crippen LogP contribution in [-0.2, 0) is 14.3 Å². The number of methoxy groups -OCH3 is 1. The van der Waals surface area contributed by atoms with E-state index in [1.165, 1.54) is 25.3 Å². The third-order valence-corrected chi connectivity index (χ3v) is 1.96. The molecule has 19 heavy (non-hydrogen) atoms. The van der Waals surface area contributed by atoms with Crippen LogP contribution >= 0.6 is 0 Å². The molecule has 0 bridgehead atoms. The Morgan fingerprint density at radius 3 is 2.53 bits per heavy atom. The summed E-state index contributed by atoms with van der Waals surface area (Å²) < 4.78 is 9.68. The minimum atomic E-state index is -0.539. The van der Waals surface area contributed by atoms with Gasteiger partial charge in [-0.05, 0) is 39.0 Å². The SMILES string of the molecule is COC(=O)c1cccc(/C=C/C(=O)OC(C)(C)C)n1. The van der Waals surface area contributed by atoms with Crippen molar-refractivity contribution in [3.63, 3.8) is 0 Å². The number of hydrogen-bond donors (Lipinski definition) is 0.